The summed E-state index contributed by atoms with van der Waals surface area (Å²) in [6, 6.07) is 6.49. The first-order valence-corrected chi connectivity index (χ1v) is 8.35. The van der Waals surface area contributed by atoms with Crippen molar-refractivity contribution in [2.45, 2.75) is 38.1 Å². The summed E-state index contributed by atoms with van der Waals surface area (Å²) >= 11 is 9.50. The number of hydrogen-bond donors (Lipinski definition) is 1. The largest absolute Gasteiger partial charge is 0.323 e. The van der Waals surface area contributed by atoms with Gasteiger partial charge >= 0.3 is 0 Å². The van der Waals surface area contributed by atoms with E-state index < -0.39 is 0 Å². The fraction of sp³-hybridized carbons (Fsp3) is 0.429. The fourth-order valence-electron chi connectivity index (χ4n) is 2.48. The molecule has 1 unspecified atom stereocenters. The van der Waals surface area contributed by atoms with Crippen LogP contribution in [0.4, 0.5) is 0 Å². The maximum absolute atomic E-state index is 6.32. The van der Waals surface area contributed by atoms with Gasteiger partial charge in [-0.3, -0.25) is 0 Å². The molecule has 3 rings (SSSR count). The van der Waals surface area contributed by atoms with Crippen LogP contribution in [0.25, 0.3) is 0 Å². The van der Waals surface area contributed by atoms with Crippen molar-refractivity contribution in [2.24, 2.45) is 5.73 Å². The quantitative estimate of drug-likeness (QED) is 0.881. The summed E-state index contributed by atoms with van der Waals surface area (Å²) in [5.74, 6) is 0. The minimum Gasteiger partial charge on any atom is -0.323 e. The lowest BCUT2D eigenvalue weighted by molar-refractivity contribution is 0.695. The van der Waals surface area contributed by atoms with Crippen LogP contribution in [0.1, 0.15) is 39.1 Å². The molecule has 2 aromatic heterocycles. The third-order valence-electron chi connectivity index (χ3n) is 3.43. The van der Waals surface area contributed by atoms with Gasteiger partial charge in [-0.15, -0.1) is 22.7 Å². The zero-order valence-corrected chi connectivity index (χ0v) is 12.5. The van der Waals surface area contributed by atoms with Gasteiger partial charge in [0.2, 0.25) is 0 Å². The second-order valence-corrected chi connectivity index (χ2v) is 7.79. The van der Waals surface area contributed by atoms with E-state index in [-0.39, 0.29) is 6.04 Å². The van der Waals surface area contributed by atoms with Crippen LogP contribution >= 0.6 is 34.3 Å². The molecule has 0 spiro atoms. The van der Waals surface area contributed by atoms with Gasteiger partial charge in [0.25, 0.3) is 0 Å². The highest BCUT2D eigenvalue weighted by atomic mass is 35.5. The summed E-state index contributed by atoms with van der Waals surface area (Å²) in [6.45, 7) is 0. The number of nitrogens with two attached hydrogens (primary N) is 1. The summed E-state index contributed by atoms with van der Waals surface area (Å²) in [7, 11) is 0. The predicted octanol–water partition coefficient (Wildman–Crippen LogP) is 4.58. The molecule has 4 heteroatoms. The van der Waals surface area contributed by atoms with Gasteiger partial charge in [-0.25, -0.2) is 0 Å². The third kappa shape index (κ3) is 2.64. The Morgan fingerprint density at radius 2 is 2.06 bits per heavy atom. The molecule has 0 aliphatic heterocycles. The Morgan fingerprint density at radius 3 is 2.78 bits per heavy atom. The maximum atomic E-state index is 6.32. The smallest absolute Gasteiger partial charge is 0.0931 e. The zero-order chi connectivity index (χ0) is 12.5. The second-order valence-electron chi connectivity index (χ2n) is 4.82. The third-order valence-corrected chi connectivity index (χ3v) is 6.05. The molecule has 0 bridgehead atoms. The maximum Gasteiger partial charge on any atom is 0.0931 e. The number of aryl methyl sites for hydroxylation is 2. The molecule has 1 nitrogen and oxygen atoms in total. The first-order valence-electron chi connectivity index (χ1n) is 6.33. The van der Waals surface area contributed by atoms with Crippen molar-refractivity contribution in [3.05, 3.63) is 42.7 Å². The van der Waals surface area contributed by atoms with Gasteiger partial charge in [0.1, 0.15) is 0 Å². The standard InChI is InChI=1S/C14H16ClNS2/c15-14-6-5-10(17-14)8-11(16)13-7-9-3-1-2-4-12(9)18-13/h5-7,11H,1-4,8,16H2. The lowest BCUT2D eigenvalue weighted by atomic mass is 9.98. The highest BCUT2D eigenvalue weighted by Crippen LogP contribution is 2.34. The lowest BCUT2D eigenvalue weighted by Crippen LogP contribution is -2.10. The van der Waals surface area contributed by atoms with Crippen LogP contribution in [-0.4, -0.2) is 0 Å². The summed E-state index contributed by atoms with van der Waals surface area (Å²) in [4.78, 5) is 4.18. The fourth-order valence-corrected chi connectivity index (χ4v) is 4.88. The molecule has 1 atom stereocenters. The highest BCUT2D eigenvalue weighted by molar-refractivity contribution is 7.16. The van der Waals surface area contributed by atoms with Crippen molar-refractivity contribution >= 4 is 34.3 Å². The number of hydrogen-bond acceptors (Lipinski definition) is 3. The molecule has 2 heterocycles. The topological polar surface area (TPSA) is 26.0 Å². The number of halogens is 1. The SMILES string of the molecule is NC(Cc1ccc(Cl)s1)c1cc2c(s1)CCCC2. The molecule has 1 aliphatic carbocycles. The Labute approximate surface area is 121 Å². The molecule has 0 radical (unpaired) electrons. The van der Waals surface area contributed by atoms with Gasteiger partial charge in [0, 0.05) is 27.1 Å². The van der Waals surface area contributed by atoms with Crippen LogP contribution in [0.3, 0.4) is 0 Å². The summed E-state index contributed by atoms with van der Waals surface area (Å²) < 4.78 is 0.850. The average Bonchev–Trinajstić information content (AvgIpc) is 2.95. The van der Waals surface area contributed by atoms with Crippen LogP contribution in [0.2, 0.25) is 4.34 Å². The lowest BCUT2D eigenvalue weighted by Gasteiger charge is -2.08. The number of rotatable bonds is 3. The first-order chi connectivity index (χ1) is 8.72. The van der Waals surface area contributed by atoms with E-state index in [1.807, 2.05) is 17.4 Å². The van der Waals surface area contributed by atoms with Crippen LogP contribution in [0.15, 0.2) is 18.2 Å². The van der Waals surface area contributed by atoms with Crippen molar-refractivity contribution in [3.8, 4) is 0 Å². The average molecular weight is 298 g/mol. The van der Waals surface area contributed by atoms with Crippen LogP contribution < -0.4 is 5.73 Å². The molecule has 2 aromatic rings. The predicted molar refractivity (Wildman–Crippen MR) is 80.9 cm³/mol. The normalized spacial score (nSPS) is 16.6. The van der Waals surface area contributed by atoms with Crippen molar-refractivity contribution in [1.82, 2.24) is 0 Å². The van der Waals surface area contributed by atoms with E-state index in [2.05, 4.69) is 12.1 Å². The van der Waals surface area contributed by atoms with Gasteiger partial charge < -0.3 is 5.73 Å². The highest BCUT2D eigenvalue weighted by Gasteiger charge is 2.17. The number of thiophene rings is 2. The van der Waals surface area contributed by atoms with Crippen LogP contribution in [0, 0.1) is 0 Å². The molecular weight excluding hydrogens is 282 g/mol. The molecule has 0 saturated carbocycles. The summed E-state index contributed by atoms with van der Waals surface area (Å²) in [5.41, 5.74) is 7.86. The Balaban J connectivity index is 1.75. The Bertz CT molecular complexity index is 520. The molecule has 1 aliphatic rings. The molecule has 2 N–H and O–H groups in total. The van der Waals surface area contributed by atoms with E-state index in [9.17, 15) is 0 Å². The van der Waals surface area contributed by atoms with Crippen molar-refractivity contribution in [3.63, 3.8) is 0 Å². The van der Waals surface area contributed by atoms with Crippen molar-refractivity contribution in [1.29, 1.82) is 0 Å². The Hall–Kier alpha value is -0.350. The van der Waals surface area contributed by atoms with Crippen LogP contribution in [-0.2, 0) is 19.3 Å². The van der Waals surface area contributed by atoms with E-state index in [1.165, 1.54) is 35.4 Å². The van der Waals surface area contributed by atoms with E-state index in [0.717, 1.165) is 10.8 Å². The van der Waals surface area contributed by atoms with Crippen molar-refractivity contribution in [2.75, 3.05) is 0 Å². The minimum atomic E-state index is 0.121. The van der Waals surface area contributed by atoms with E-state index >= 15 is 0 Å². The van der Waals surface area contributed by atoms with Crippen LogP contribution in [0.5, 0.6) is 0 Å². The minimum absolute atomic E-state index is 0.121. The number of fused-ring (bicyclic) bond motifs is 1. The van der Waals surface area contributed by atoms with E-state index in [4.69, 9.17) is 17.3 Å². The zero-order valence-electron chi connectivity index (χ0n) is 10.1. The van der Waals surface area contributed by atoms with E-state index in [0.29, 0.717) is 0 Å². The molecule has 0 saturated heterocycles. The Kier molecular flexibility index (Phi) is 3.76. The van der Waals surface area contributed by atoms with E-state index in [1.54, 1.807) is 21.8 Å². The second kappa shape index (κ2) is 5.33. The summed E-state index contributed by atoms with van der Waals surface area (Å²) in [6.07, 6.45) is 6.05. The van der Waals surface area contributed by atoms with Gasteiger partial charge in [0.15, 0.2) is 0 Å². The molecule has 96 valence electrons. The first kappa shape index (κ1) is 12.7. The monoisotopic (exact) mass is 297 g/mol. The molecule has 0 aromatic carbocycles. The molecular formula is C14H16ClNS2. The van der Waals surface area contributed by atoms with Gasteiger partial charge in [-0.1, -0.05) is 11.6 Å². The van der Waals surface area contributed by atoms with Gasteiger partial charge in [-0.2, -0.15) is 0 Å². The summed E-state index contributed by atoms with van der Waals surface area (Å²) in [5, 5.41) is 0. The van der Waals surface area contributed by atoms with Gasteiger partial charge in [-0.05, 0) is 49.4 Å². The molecule has 18 heavy (non-hydrogen) atoms. The molecule has 0 fully saturated rings. The Morgan fingerprint density at radius 1 is 1.22 bits per heavy atom. The van der Waals surface area contributed by atoms with Gasteiger partial charge in [0.05, 0.1) is 4.34 Å². The molecule has 0 amide bonds. The van der Waals surface area contributed by atoms with Crippen molar-refractivity contribution < 1.29 is 0 Å².